The maximum Gasteiger partial charge on any atom is 0.246 e. The largest absolute Gasteiger partial charge is 0.495 e. The van der Waals surface area contributed by atoms with Crippen molar-refractivity contribution in [1.29, 1.82) is 0 Å². The van der Waals surface area contributed by atoms with Crippen LogP contribution in [0.2, 0.25) is 0 Å². The molecule has 0 unspecified atom stereocenters. The summed E-state index contributed by atoms with van der Waals surface area (Å²) in [4.78, 5) is 0.128. The van der Waals surface area contributed by atoms with E-state index in [9.17, 15) is 8.42 Å². The summed E-state index contributed by atoms with van der Waals surface area (Å²) in [5.41, 5.74) is 0.614. The van der Waals surface area contributed by atoms with Gasteiger partial charge >= 0.3 is 0 Å². The Morgan fingerprint density at radius 3 is 2.42 bits per heavy atom. The van der Waals surface area contributed by atoms with Gasteiger partial charge in [-0.25, -0.2) is 8.42 Å². The van der Waals surface area contributed by atoms with Crippen molar-refractivity contribution in [3.8, 4) is 5.75 Å². The molecule has 6 heteroatoms. The standard InChI is InChI=1S/C13H21NO4S/c1-5-14(10(2)3)19(16,17)13-7-6-11(9-15)8-12(13)18-4/h6-8,10,15H,5,9H2,1-4H3. The topological polar surface area (TPSA) is 66.8 Å². The smallest absolute Gasteiger partial charge is 0.246 e. The minimum atomic E-state index is -3.59. The van der Waals surface area contributed by atoms with Crippen LogP contribution in [0.4, 0.5) is 0 Å². The molecule has 1 rings (SSSR count). The molecular formula is C13H21NO4S. The zero-order chi connectivity index (χ0) is 14.6. The Kier molecular flexibility index (Phi) is 5.34. The van der Waals surface area contributed by atoms with Gasteiger partial charge in [-0.3, -0.25) is 0 Å². The summed E-state index contributed by atoms with van der Waals surface area (Å²) in [7, 11) is -2.17. The van der Waals surface area contributed by atoms with E-state index < -0.39 is 10.0 Å². The first kappa shape index (κ1) is 15.9. The molecule has 0 radical (unpaired) electrons. The molecule has 0 aliphatic heterocycles. The third-order valence-corrected chi connectivity index (χ3v) is 5.08. The van der Waals surface area contributed by atoms with E-state index in [2.05, 4.69) is 0 Å². The van der Waals surface area contributed by atoms with Crippen molar-refractivity contribution in [2.75, 3.05) is 13.7 Å². The highest BCUT2D eigenvalue weighted by atomic mass is 32.2. The number of nitrogens with zero attached hydrogens (tertiary/aromatic N) is 1. The minimum Gasteiger partial charge on any atom is -0.495 e. The van der Waals surface area contributed by atoms with Gasteiger partial charge in [0.1, 0.15) is 10.6 Å². The van der Waals surface area contributed by atoms with Crippen molar-refractivity contribution in [3.05, 3.63) is 23.8 Å². The first-order valence-electron chi connectivity index (χ1n) is 6.18. The molecule has 0 aliphatic carbocycles. The molecule has 108 valence electrons. The van der Waals surface area contributed by atoms with E-state index in [0.29, 0.717) is 12.1 Å². The number of hydrogen-bond donors (Lipinski definition) is 1. The van der Waals surface area contributed by atoms with Crippen LogP contribution < -0.4 is 4.74 Å². The van der Waals surface area contributed by atoms with E-state index in [1.165, 1.54) is 17.5 Å². The fourth-order valence-corrected chi connectivity index (χ4v) is 3.75. The summed E-state index contributed by atoms with van der Waals surface area (Å²) in [6, 6.07) is 4.48. The third kappa shape index (κ3) is 3.26. The Morgan fingerprint density at radius 2 is 2.00 bits per heavy atom. The fraction of sp³-hybridized carbons (Fsp3) is 0.538. The lowest BCUT2D eigenvalue weighted by Crippen LogP contribution is -2.36. The number of ether oxygens (including phenoxy) is 1. The van der Waals surface area contributed by atoms with E-state index in [4.69, 9.17) is 9.84 Å². The minimum absolute atomic E-state index is 0.128. The van der Waals surface area contributed by atoms with Crippen molar-refractivity contribution in [1.82, 2.24) is 4.31 Å². The predicted molar refractivity (Wildman–Crippen MR) is 73.6 cm³/mol. The molecule has 0 amide bonds. The lowest BCUT2D eigenvalue weighted by atomic mass is 10.2. The molecule has 0 saturated heterocycles. The van der Waals surface area contributed by atoms with Crippen molar-refractivity contribution < 1.29 is 18.3 Å². The SMILES string of the molecule is CCN(C(C)C)S(=O)(=O)c1ccc(CO)cc1OC. The number of sulfonamides is 1. The zero-order valence-electron chi connectivity index (χ0n) is 11.8. The molecule has 1 aromatic rings. The highest BCUT2D eigenvalue weighted by molar-refractivity contribution is 7.89. The number of aliphatic hydroxyl groups excluding tert-OH is 1. The van der Waals surface area contributed by atoms with Gasteiger partial charge in [0, 0.05) is 12.6 Å². The zero-order valence-corrected chi connectivity index (χ0v) is 12.6. The van der Waals surface area contributed by atoms with E-state index in [1.54, 1.807) is 19.1 Å². The molecule has 0 aliphatic rings. The van der Waals surface area contributed by atoms with Gasteiger partial charge in [0.15, 0.2) is 0 Å². The van der Waals surface area contributed by atoms with E-state index in [1.807, 2.05) is 13.8 Å². The lowest BCUT2D eigenvalue weighted by Gasteiger charge is -2.25. The molecule has 0 atom stereocenters. The van der Waals surface area contributed by atoms with Gasteiger partial charge in [-0.1, -0.05) is 13.0 Å². The molecule has 1 N–H and O–H groups in total. The number of aliphatic hydroxyl groups is 1. The molecule has 0 saturated carbocycles. The van der Waals surface area contributed by atoms with E-state index in [0.717, 1.165) is 0 Å². The molecule has 0 heterocycles. The summed E-state index contributed by atoms with van der Waals surface area (Å²) in [6.07, 6.45) is 0. The summed E-state index contributed by atoms with van der Waals surface area (Å²) in [5.74, 6) is 0.255. The molecule has 5 nitrogen and oxygen atoms in total. The normalized spacial score (nSPS) is 12.2. The maximum atomic E-state index is 12.6. The summed E-state index contributed by atoms with van der Waals surface area (Å²) in [6.45, 7) is 5.70. The Hall–Kier alpha value is -1.11. The monoisotopic (exact) mass is 287 g/mol. The summed E-state index contributed by atoms with van der Waals surface area (Å²) >= 11 is 0. The van der Waals surface area contributed by atoms with Crippen LogP contribution in [-0.2, 0) is 16.6 Å². The molecule has 19 heavy (non-hydrogen) atoms. The van der Waals surface area contributed by atoms with Crippen molar-refractivity contribution in [2.24, 2.45) is 0 Å². The highest BCUT2D eigenvalue weighted by Gasteiger charge is 2.28. The van der Waals surface area contributed by atoms with Crippen LogP contribution in [0.25, 0.3) is 0 Å². The van der Waals surface area contributed by atoms with Gasteiger partial charge < -0.3 is 9.84 Å². The molecule has 1 aromatic carbocycles. The number of hydrogen-bond acceptors (Lipinski definition) is 4. The Bertz CT molecular complexity index is 525. The second-order valence-corrected chi connectivity index (χ2v) is 6.30. The average molecular weight is 287 g/mol. The number of methoxy groups -OCH3 is 1. The Balaban J connectivity index is 3.35. The van der Waals surface area contributed by atoms with Crippen LogP contribution in [0.3, 0.4) is 0 Å². The van der Waals surface area contributed by atoms with Crippen LogP contribution in [0.1, 0.15) is 26.3 Å². The second-order valence-electron chi connectivity index (χ2n) is 4.45. The van der Waals surface area contributed by atoms with Crippen LogP contribution in [-0.4, -0.2) is 37.5 Å². The van der Waals surface area contributed by atoms with Crippen molar-refractivity contribution >= 4 is 10.0 Å². The lowest BCUT2D eigenvalue weighted by molar-refractivity contribution is 0.280. The Morgan fingerprint density at radius 1 is 1.37 bits per heavy atom. The Labute approximate surface area is 114 Å². The number of benzene rings is 1. The van der Waals surface area contributed by atoms with Gasteiger partial charge in [-0.15, -0.1) is 0 Å². The molecular weight excluding hydrogens is 266 g/mol. The molecule has 0 aromatic heterocycles. The first-order chi connectivity index (χ1) is 8.88. The number of rotatable bonds is 6. The van der Waals surface area contributed by atoms with Crippen LogP contribution in [0.15, 0.2) is 23.1 Å². The highest BCUT2D eigenvalue weighted by Crippen LogP contribution is 2.28. The van der Waals surface area contributed by atoms with Gasteiger partial charge in [-0.2, -0.15) is 4.31 Å². The predicted octanol–water partition coefficient (Wildman–Crippen LogP) is 1.61. The van der Waals surface area contributed by atoms with Gasteiger partial charge in [0.2, 0.25) is 10.0 Å². The van der Waals surface area contributed by atoms with Gasteiger partial charge in [-0.05, 0) is 31.5 Å². The van der Waals surface area contributed by atoms with E-state index in [-0.39, 0.29) is 23.3 Å². The van der Waals surface area contributed by atoms with Gasteiger partial charge in [0.05, 0.1) is 13.7 Å². The second kappa shape index (κ2) is 6.36. The summed E-state index contributed by atoms with van der Waals surface area (Å²) in [5, 5.41) is 9.08. The maximum absolute atomic E-state index is 12.6. The van der Waals surface area contributed by atoms with Crippen LogP contribution in [0, 0.1) is 0 Å². The van der Waals surface area contributed by atoms with Crippen molar-refractivity contribution in [2.45, 2.75) is 38.3 Å². The van der Waals surface area contributed by atoms with Crippen LogP contribution >= 0.6 is 0 Å². The van der Waals surface area contributed by atoms with Gasteiger partial charge in [0.25, 0.3) is 0 Å². The summed E-state index contributed by atoms with van der Waals surface area (Å²) < 4.78 is 31.7. The first-order valence-corrected chi connectivity index (χ1v) is 7.62. The fourth-order valence-electron chi connectivity index (χ4n) is 1.96. The third-order valence-electron chi connectivity index (χ3n) is 2.88. The van der Waals surface area contributed by atoms with E-state index >= 15 is 0 Å². The molecule has 0 bridgehead atoms. The van der Waals surface area contributed by atoms with Crippen molar-refractivity contribution in [3.63, 3.8) is 0 Å². The molecule has 0 spiro atoms. The molecule has 0 fully saturated rings. The van der Waals surface area contributed by atoms with Crippen LogP contribution in [0.5, 0.6) is 5.75 Å². The average Bonchev–Trinajstić information content (AvgIpc) is 2.37. The quantitative estimate of drug-likeness (QED) is 0.863.